The lowest BCUT2D eigenvalue weighted by molar-refractivity contribution is -0.151. The molecule has 0 unspecified atom stereocenters. The third-order valence-electron chi connectivity index (χ3n) is 5.63. The molecular formula is C18H21FN2O4. The van der Waals surface area contributed by atoms with E-state index in [0.717, 1.165) is 18.5 Å². The van der Waals surface area contributed by atoms with Crippen LogP contribution in [-0.2, 0) is 14.3 Å². The number of ether oxygens (including phenoxy) is 1. The molecule has 1 aromatic rings. The molecule has 3 aliphatic rings. The minimum absolute atomic E-state index is 0.0987. The lowest BCUT2D eigenvalue weighted by atomic mass is 9.78. The fourth-order valence-corrected chi connectivity index (χ4v) is 4.35. The summed E-state index contributed by atoms with van der Waals surface area (Å²) in [5.74, 6) is -2.59. The summed E-state index contributed by atoms with van der Waals surface area (Å²) in [6.07, 6.45) is 0.912. The van der Waals surface area contributed by atoms with Crippen molar-refractivity contribution in [1.29, 1.82) is 0 Å². The number of anilines is 1. The van der Waals surface area contributed by atoms with E-state index in [4.69, 9.17) is 4.74 Å². The Hall–Kier alpha value is -2.15. The van der Waals surface area contributed by atoms with Gasteiger partial charge in [0.1, 0.15) is 5.82 Å². The normalized spacial score (nSPS) is 31.4. The number of aliphatic carboxylic acids is 1. The Morgan fingerprint density at radius 1 is 1.00 bits per heavy atom. The van der Waals surface area contributed by atoms with Crippen molar-refractivity contribution in [2.45, 2.75) is 25.0 Å². The molecule has 3 fully saturated rings. The minimum atomic E-state index is -0.935. The molecule has 0 aromatic heterocycles. The van der Waals surface area contributed by atoms with E-state index in [-0.39, 0.29) is 23.9 Å². The molecular weight excluding hydrogens is 327 g/mol. The van der Waals surface area contributed by atoms with Gasteiger partial charge in [-0.05, 0) is 37.1 Å². The number of hydrogen-bond acceptors (Lipinski definition) is 4. The molecule has 0 radical (unpaired) electrons. The van der Waals surface area contributed by atoms with Crippen molar-refractivity contribution in [2.75, 3.05) is 31.1 Å². The smallest absolute Gasteiger partial charge is 0.310 e. The highest BCUT2D eigenvalue weighted by Gasteiger charge is 2.56. The predicted octanol–water partition coefficient (Wildman–Crippen LogP) is 1.35. The molecule has 1 aromatic carbocycles. The van der Waals surface area contributed by atoms with Gasteiger partial charge in [-0.2, -0.15) is 0 Å². The van der Waals surface area contributed by atoms with Crippen molar-refractivity contribution in [1.82, 2.24) is 4.90 Å². The maximum atomic E-state index is 13.0. The van der Waals surface area contributed by atoms with Crippen molar-refractivity contribution in [3.8, 4) is 0 Å². The second-order valence-corrected chi connectivity index (χ2v) is 6.97. The van der Waals surface area contributed by atoms with Crippen molar-refractivity contribution in [3.05, 3.63) is 30.1 Å². The van der Waals surface area contributed by atoms with Gasteiger partial charge in [0, 0.05) is 31.9 Å². The first-order chi connectivity index (χ1) is 12.0. The molecule has 0 saturated carbocycles. The van der Waals surface area contributed by atoms with Gasteiger partial charge >= 0.3 is 5.97 Å². The van der Waals surface area contributed by atoms with Crippen LogP contribution in [0.3, 0.4) is 0 Å². The summed E-state index contributed by atoms with van der Waals surface area (Å²) in [6, 6.07) is 6.32. The number of carbonyl (C=O) groups excluding carboxylic acids is 1. The molecule has 6 nitrogen and oxygen atoms in total. The van der Waals surface area contributed by atoms with Gasteiger partial charge < -0.3 is 19.6 Å². The third-order valence-corrected chi connectivity index (χ3v) is 5.63. The van der Waals surface area contributed by atoms with Crippen LogP contribution >= 0.6 is 0 Å². The molecule has 3 aliphatic heterocycles. The van der Waals surface area contributed by atoms with Gasteiger partial charge in [-0.25, -0.2) is 4.39 Å². The van der Waals surface area contributed by atoms with Gasteiger partial charge in [-0.15, -0.1) is 0 Å². The summed E-state index contributed by atoms with van der Waals surface area (Å²) in [5, 5.41) is 9.48. The number of nitrogens with zero attached hydrogens (tertiary/aromatic N) is 2. The van der Waals surface area contributed by atoms with Crippen molar-refractivity contribution >= 4 is 17.6 Å². The lowest BCUT2D eigenvalue weighted by Gasteiger charge is -2.38. The van der Waals surface area contributed by atoms with Crippen LogP contribution in [0.5, 0.6) is 0 Å². The summed E-state index contributed by atoms with van der Waals surface area (Å²) >= 11 is 0. The van der Waals surface area contributed by atoms with Crippen LogP contribution in [0.15, 0.2) is 24.3 Å². The highest BCUT2D eigenvalue weighted by molar-refractivity contribution is 5.86. The number of carboxylic acids is 1. The number of rotatable bonds is 3. The summed E-state index contributed by atoms with van der Waals surface area (Å²) in [7, 11) is 0. The number of piperazine rings is 1. The van der Waals surface area contributed by atoms with Gasteiger partial charge in [-0.3, -0.25) is 9.59 Å². The Labute approximate surface area is 145 Å². The Kier molecular flexibility index (Phi) is 4.11. The molecule has 4 atom stereocenters. The SMILES string of the molecule is O=C(O)[C@@H]1[C@H](C(=O)N2CCN(c3ccc(F)cc3)CC2)[C@@H]2CC[C@H]1O2. The monoisotopic (exact) mass is 348 g/mol. The largest absolute Gasteiger partial charge is 0.481 e. The summed E-state index contributed by atoms with van der Waals surface area (Å²) < 4.78 is 18.7. The van der Waals surface area contributed by atoms with E-state index >= 15 is 0 Å². The van der Waals surface area contributed by atoms with Crippen molar-refractivity contribution in [2.24, 2.45) is 11.8 Å². The zero-order valence-electron chi connectivity index (χ0n) is 13.8. The van der Waals surface area contributed by atoms with E-state index in [1.807, 2.05) is 0 Å². The Balaban J connectivity index is 1.41. The average molecular weight is 348 g/mol. The Bertz CT molecular complexity index is 672. The van der Waals surface area contributed by atoms with Crippen molar-refractivity contribution < 1.29 is 23.8 Å². The average Bonchev–Trinajstić information content (AvgIpc) is 3.23. The van der Waals surface area contributed by atoms with Gasteiger partial charge in [0.25, 0.3) is 0 Å². The molecule has 3 heterocycles. The maximum Gasteiger partial charge on any atom is 0.310 e. The van der Waals surface area contributed by atoms with E-state index in [1.165, 1.54) is 12.1 Å². The highest BCUT2D eigenvalue weighted by Crippen LogP contribution is 2.44. The molecule has 1 amide bonds. The lowest BCUT2D eigenvalue weighted by Crippen LogP contribution is -2.53. The molecule has 3 saturated heterocycles. The number of fused-ring (bicyclic) bond motifs is 2. The van der Waals surface area contributed by atoms with Crippen LogP contribution in [0.1, 0.15) is 12.8 Å². The van der Waals surface area contributed by atoms with Gasteiger partial charge in [0.05, 0.1) is 24.0 Å². The molecule has 0 spiro atoms. The number of halogens is 1. The van der Waals surface area contributed by atoms with Gasteiger partial charge in [0.2, 0.25) is 5.91 Å². The second-order valence-electron chi connectivity index (χ2n) is 6.97. The molecule has 2 bridgehead atoms. The highest BCUT2D eigenvalue weighted by atomic mass is 19.1. The molecule has 7 heteroatoms. The van der Waals surface area contributed by atoms with Crippen LogP contribution in [-0.4, -0.2) is 60.3 Å². The first kappa shape index (κ1) is 16.3. The molecule has 0 aliphatic carbocycles. The van der Waals surface area contributed by atoms with Crippen LogP contribution in [0.2, 0.25) is 0 Å². The number of carbonyl (C=O) groups is 2. The summed E-state index contributed by atoms with van der Waals surface area (Å²) in [4.78, 5) is 28.3. The van der Waals surface area contributed by atoms with Gasteiger partial charge in [0.15, 0.2) is 0 Å². The van der Waals surface area contributed by atoms with Gasteiger partial charge in [-0.1, -0.05) is 0 Å². The summed E-state index contributed by atoms with van der Waals surface area (Å²) in [6.45, 7) is 2.38. The number of hydrogen-bond donors (Lipinski definition) is 1. The third kappa shape index (κ3) is 2.86. The zero-order valence-corrected chi connectivity index (χ0v) is 13.8. The van der Waals surface area contributed by atoms with E-state index < -0.39 is 17.8 Å². The van der Waals surface area contributed by atoms with Crippen LogP contribution in [0, 0.1) is 17.7 Å². The standard InChI is InChI=1S/C18H21FN2O4/c19-11-1-3-12(4-2-11)20-7-9-21(10-8-20)17(22)15-13-5-6-14(25-13)16(15)18(23)24/h1-4,13-16H,5-10H2,(H,23,24)/t13-,14+,15+,16-/m0/s1. The quantitative estimate of drug-likeness (QED) is 0.893. The van der Waals surface area contributed by atoms with E-state index in [2.05, 4.69) is 4.90 Å². The first-order valence-corrected chi connectivity index (χ1v) is 8.72. The first-order valence-electron chi connectivity index (χ1n) is 8.72. The molecule has 25 heavy (non-hydrogen) atoms. The van der Waals surface area contributed by atoms with E-state index in [9.17, 15) is 19.1 Å². The van der Waals surface area contributed by atoms with Crippen molar-refractivity contribution in [3.63, 3.8) is 0 Å². The van der Waals surface area contributed by atoms with Crippen LogP contribution in [0.4, 0.5) is 10.1 Å². The number of carboxylic acid groups (broad SMARTS) is 1. The topological polar surface area (TPSA) is 70.1 Å². The fourth-order valence-electron chi connectivity index (χ4n) is 4.35. The molecule has 1 N–H and O–H groups in total. The predicted molar refractivity (Wildman–Crippen MR) is 87.7 cm³/mol. The second kappa shape index (κ2) is 6.29. The Morgan fingerprint density at radius 3 is 2.20 bits per heavy atom. The van der Waals surface area contributed by atoms with Crippen LogP contribution < -0.4 is 4.90 Å². The molecule has 134 valence electrons. The fraction of sp³-hybridized carbons (Fsp3) is 0.556. The number of amides is 1. The van der Waals surface area contributed by atoms with Crippen LogP contribution in [0.25, 0.3) is 0 Å². The maximum absolute atomic E-state index is 13.0. The zero-order chi connectivity index (χ0) is 17.6. The summed E-state index contributed by atoms with van der Waals surface area (Å²) in [5.41, 5.74) is 0.931. The minimum Gasteiger partial charge on any atom is -0.481 e. The Morgan fingerprint density at radius 2 is 1.60 bits per heavy atom. The van der Waals surface area contributed by atoms with E-state index in [0.29, 0.717) is 26.2 Å². The molecule has 4 rings (SSSR count). The number of benzene rings is 1. The van der Waals surface area contributed by atoms with E-state index in [1.54, 1.807) is 17.0 Å².